The SMILES string of the molecule is Cc1cc([N+](=O)[O-])nn1C(C)C(=O)Nc1c(C(N)=O)sc2nc(C(F)(F)F)cc(-c3ccco3)c12. The van der Waals surface area contributed by atoms with Gasteiger partial charge in [0.05, 0.1) is 28.8 Å². The van der Waals surface area contributed by atoms with E-state index in [2.05, 4.69) is 15.4 Å². The van der Waals surface area contributed by atoms with Crippen molar-refractivity contribution < 1.29 is 32.1 Å². The predicted octanol–water partition coefficient (Wildman–Crippen LogP) is 4.29. The van der Waals surface area contributed by atoms with Crippen LogP contribution in [0.4, 0.5) is 24.7 Å². The van der Waals surface area contributed by atoms with Crippen molar-refractivity contribution in [2.75, 3.05) is 5.32 Å². The van der Waals surface area contributed by atoms with Crippen molar-refractivity contribution in [3.8, 4) is 11.3 Å². The zero-order chi connectivity index (χ0) is 25.7. The molecule has 0 radical (unpaired) electrons. The van der Waals surface area contributed by atoms with Gasteiger partial charge in [-0.1, -0.05) is 0 Å². The molecule has 4 heterocycles. The van der Waals surface area contributed by atoms with Gasteiger partial charge in [-0.05, 0) is 37.0 Å². The molecule has 0 aliphatic rings. The highest BCUT2D eigenvalue weighted by atomic mass is 32.1. The summed E-state index contributed by atoms with van der Waals surface area (Å²) in [6.07, 6.45) is -3.54. The minimum atomic E-state index is -4.79. The van der Waals surface area contributed by atoms with Gasteiger partial charge in [-0.3, -0.25) is 9.59 Å². The number of hydrogen-bond acceptors (Lipinski definition) is 8. The highest BCUT2D eigenvalue weighted by Crippen LogP contribution is 2.44. The van der Waals surface area contributed by atoms with E-state index in [4.69, 9.17) is 10.2 Å². The van der Waals surface area contributed by atoms with Crippen LogP contribution in [0.2, 0.25) is 0 Å². The smallest absolute Gasteiger partial charge is 0.433 e. The maximum absolute atomic E-state index is 13.5. The van der Waals surface area contributed by atoms with E-state index in [9.17, 15) is 32.9 Å². The lowest BCUT2D eigenvalue weighted by molar-refractivity contribution is -0.389. The Labute approximate surface area is 197 Å². The molecule has 0 aliphatic heterocycles. The summed E-state index contributed by atoms with van der Waals surface area (Å²) in [5.41, 5.74) is 4.33. The number of nitrogens with zero attached hydrogens (tertiary/aromatic N) is 4. The number of anilines is 1. The predicted molar refractivity (Wildman–Crippen MR) is 118 cm³/mol. The van der Waals surface area contributed by atoms with Crippen LogP contribution in [-0.4, -0.2) is 31.5 Å². The quantitative estimate of drug-likeness (QED) is 0.290. The average Bonchev–Trinajstić information content (AvgIpc) is 3.51. The van der Waals surface area contributed by atoms with Gasteiger partial charge in [-0.25, -0.2) is 4.98 Å². The number of furan rings is 1. The van der Waals surface area contributed by atoms with Gasteiger partial charge in [0.15, 0.2) is 0 Å². The molecule has 0 fully saturated rings. The van der Waals surface area contributed by atoms with Crippen LogP contribution in [0.1, 0.15) is 34.0 Å². The van der Waals surface area contributed by atoms with Crippen LogP contribution in [0.15, 0.2) is 34.9 Å². The number of alkyl halides is 3. The number of nitro groups is 1. The average molecular weight is 508 g/mol. The third kappa shape index (κ3) is 4.32. The van der Waals surface area contributed by atoms with Crippen molar-refractivity contribution in [1.82, 2.24) is 14.8 Å². The van der Waals surface area contributed by atoms with Gasteiger partial charge >= 0.3 is 12.0 Å². The molecule has 1 atom stereocenters. The minimum absolute atomic E-state index is 0.0236. The van der Waals surface area contributed by atoms with Gasteiger partial charge in [0, 0.05) is 10.9 Å². The van der Waals surface area contributed by atoms with E-state index in [-0.39, 0.29) is 32.1 Å². The molecule has 0 aliphatic carbocycles. The first kappa shape index (κ1) is 23.9. The molecular weight excluding hydrogens is 493 g/mol. The Morgan fingerprint density at radius 1 is 1.34 bits per heavy atom. The Bertz CT molecular complexity index is 1470. The number of thiophene rings is 1. The molecule has 2 amide bonds. The Balaban J connectivity index is 1.86. The van der Waals surface area contributed by atoms with Crippen molar-refractivity contribution >= 4 is 44.9 Å². The summed E-state index contributed by atoms with van der Waals surface area (Å²) in [4.78, 5) is 38.7. The normalized spacial score (nSPS) is 12.6. The molecule has 0 aromatic carbocycles. The maximum Gasteiger partial charge on any atom is 0.433 e. The first-order valence-corrected chi connectivity index (χ1v) is 10.6. The number of carbonyl (C=O) groups is 2. The molecule has 35 heavy (non-hydrogen) atoms. The van der Waals surface area contributed by atoms with Crippen LogP contribution < -0.4 is 11.1 Å². The van der Waals surface area contributed by atoms with Crippen molar-refractivity contribution in [3.63, 3.8) is 0 Å². The fraction of sp³-hybridized carbons (Fsp3) is 0.200. The van der Waals surface area contributed by atoms with Gasteiger partial charge in [0.25, 0.3) is 11.8 Å². The molecule has 0 bridgehead atoms. The van der Waals surface area contributed by atoms with E-state index >= 15 is 0 Å². The zero-order valence-electron chi connectivity index (χ0n) is 17.9. The summed E-state index contributed by atoms with van der Waals surface area (Å²) in [6.45, 7) is 2.92. The highest BCUT2D eigenvalue weighted by molar-refractivity contribution is 7.21. The summed E-state index contributed by atoms with van der Waals surface area (Å²) in [5.74, 6) is -2.18. The van der Waals surface area contributed by atoms with Crippen molar-refractivity contribution in [2.24, 2.45) is 5.73 Å². The fourth-order valence-electron chi connectivity index (χ4n) is 3.45. The lowest BCUT2D eigenvalue weighted by Gasteiger charge is -2.13. The number of rotatable bonds is 6. The molecule has 4 rings (SSSR count). The lowest BCUT2D eigenvalue weighted by Crippen LogP contribution is -2.26. The Morgan fingerprint density at radius 2 is 2.06 bits per heavy atom. The molecular formula is C20H15F3N6O5S. The molecule has 0 saturated carbocycles. The van der Waals surface area contributed by atoms with E-state index in [1.165, 1.54) is 38.3 Å². The number of nitrogens with two attached hydrogens (primary N) is 1. The Morgan fingerprint density at radius 3 is 2.60 bits per heavy atom. The van der Waals surface area contributed by atoms with Crippen LogP contribution in [0.25, 0.3) is 21.5 Å². The number of aromatic nitrogens is 3. The third-order valence-corrected chi connectivity index (χ3v) is 6.15. The Kier molecular flexibility index (Phi) is 5.80. The molecule has 4 aromatic heterocycles. The second kappa shape index (κ2) is 8.50. The largest absolute Gasteiger partial charge is 0.464 e. The first-order valence-electron chi connectivity index (χ1n) is 9.78. The second-order valence-corrected chi connectivity index (χ2v) is 8.39. The number of carbonyl (C=O) groups excluding carboxylic acids is 2. The number of halogens is 3. The Hall–Kier alpha value is -4.27. The standard InChI is InChI=1S/C20H15F3N6O5S/c1-8-6-13(29(32)33)27-28(8)9(2)18(31)26-15-14-10(11-4-3-5-34-11)7-12(20(21,22)23)25-19(14)35-16(15)17(24)30/h3-7,9H,1-2H3,(H2,24,30)(H,26,31). The van der Waals surface area contributed by atoms with Gasteiger partial charge in [0.2, 0.25) is 0 Å². The van der Waals surface area contributed by atoms with Crippen molar-refractivity contribution in [3.05, 3.63) is 56.9 Å². The fourth-order valence-corrected chi connectivity index (χ4v) is 4.46. The molecule has 11 nitrogen and oxygen atoms in total. The van der Waals surface area contributed by atoms with Crippen LogP contribution in [0, 0.1) is 17.0 Å². The van der Waals surface area contributed by atoms with Crippen LogP contribution in [0.5, 0.6) is 0 Å². The molecule has 0 saturated heterocycles. The van der Waals surface area contributed by atoms with Gasteiger partial charge in [-0.15, -0.1) is 11.3 Å². The van der Waals surface area contributed by atoms with Crippen LogP contribution in [-0.2, 0) is 11.0 Å². The number of nitrogens with one attached hydrogen (secondary N) is 1. The number of pyridine rings is 1. The molecule has 182 valence electrons. The van der Waals surface area contributed by atoms with E-state index in [0.29, 0.717) is 17.0 Å². The lowest BCUT2D eigenvalue weighted by atomic mass is 10.1. The first-order chi connectivity index (χ1) is 16.4. The van der Waals surface area contributed by atoms with E-state index in [0.717, 1.165) is 10.7 Å². The number of hydrogen-bond donors (Lipinski definition) is 2. The summed E-state index contributed by atoms with van der Waals surface area (Å²) in [7, 11) is 0. The van der Waals surface area contributed by atoms with Crippen molar-refractivity contribution in [2.45, 2.75) is 26.1 Å². The van der Waals surface area contributed by atoms with Crippen LogP contribution >= 0.6 is 11.3 Å². The van der Waals surface area contributed by atoms with Gasteiger partial charge < -0.3 is 25.6 Å². The summed E-state index contributed by atoms with van der Waals surface area (Å²) in [5, 5.41) is 17.3. The highest BCUT2D eigenvalue weighted by Gasteiger charge is 2.36. The third-order valence-electron chi connectivity index (χ3n) is 5.05. The molecule has 4 aromatic rings. The monoisotopic (exact) mass is 508 g/mol. The van der Waals surface area contributed by atoms with Gasteiger partial charge in [-0.2, -0.15) is 17.9 Å². The molecule has 1 unspecified atom stereocenters. The molecule has 3 N–H and O–H groups in total. The maximum atomic E-state index is 13.5. The summed E-state index contributed by atoms with van der Waals surface area (Å²) >= 11 is 0.581. The van der Waals surface area contributed by atoms with Gasteiger partial charge in [0.1, 0.15) is 27.2 Å². The van der Waals surface area contributed by atoms with E-state index in [1.807, 2.05) is 0 Å². The van der Waals surface area contributed by atoms with Crippen LogP contribution in [0.3, 0.4) is 0 Å². The number of primary amides is 1. The number of amides is 2. The summed E-state index contributed by atoms with van der Waals surface area (Å²) in [6, 6.07) is 3.71. The topological polar surface area (TPSA) is 159 Å². The summed E-state index contributed by atoms with van der Waals surface area (Å²) < 4.78 is 46.9. The second-order valence-electron chi connectivity index (χ2n) is 7.39. The number of fused-ring (bicyclic) bond motifs is 1. The van der Waals surface area contributed by atoms with Crippen molar-refractivity contribution in [1.29, 1.82) is 0 Å². The molecule has 15 heteroatoms. The zero-order valence-corrected chi connectivity index (χ0v) is 18.7. The minimum Gasteiger partial charge on any atom is -0.464 e. The number of aryl methyl sites for hydroxylation is 1. The molecule has 0 spiro atoms. The van der Waals surface area contributed by atoms with E-state index < -0.39 is 40.5 Å². The van der Waals surface area contributed by atoms with E-state index in [1.54, 1.807) is 0 Å².